The Morgan fingerprint density at radius 1 is 1.32 bits per heavy atom. The number of aliphatic carboxylic acids is 1. The van der Waals surface area contributed by atoms with E-state index in [-0.39, 0.29) is 36.6 Å². The third-order valence-corrected chi connectivity index (χ3v) is 3.35. The van der Waals surface area contributed by atoms with Gasteiger partial charge in [0.25, 0.3) is 0 Å². The van der Waals surface area contributed by atoms with E-state index in [0.29, 0.717) is 5.92 Å². The van der Waals surface area contributed by atoms with Gasteiger partial charge in [0.2, 0.25) is 11.8 Å². The molecule has 1 aliphatic carbocycles. The van der Waals surface area contributed by atoms with Gasteiger partial charge >= 0.3 is 5.97 Å². The summed E-state index contributed by atoms with van der Waals surface area (Å²) in [4.78, 5) is 34.0. The van der Waals surface area contributed by atoms with Gasteiger partial charge in [0.05, 0.1) is 0 Å². The van der Waals surface area contributed by atoms with E-state index in [1.165, 1.54) is 0 Å². The quantitative estimate of drug-likeness (QED) is 0.623. The Morgan fingerprint density at radius 3 is 2.32 bits per heavy atom. The number of carboxylic acids is 1. The van der Waals surface area contributed by atoms with Crippen LogP contribution in [0.4, 0.5) is 0 Å². The van der Waals surface area contributed by atoms with Gasteiger partial charge in [0.1, 0.15) is 6.04 Å². The summed E-state index contributed by atoms with van der Waals surface area (Å²) in [6, 6.07) is -0.883. The number of carbonyl (C=O) groups excluding carboxylic acids is 2. The van der Waals surface area contributed by atoms with Crippen LogP contribution in [0.2, 0.25) is 0 Å². The summed E-state index contributed by atoms with van der Waals surface area (Å²) in [7, 11) is 0. The molecule has 1 fully saturated rings. The van der Waals surface area contributed by atoms with Crippen LogP contribution in [0, 0.1) is 17.8 Å². The molecule has 0 aliphatic heterocycles. The number of carbonyl (C=O) groups is 3. The first-order chi connectivity index (χ1) is 8.82. The van der Waals surface area contributed by atoms with Crippen molar-refractivity contribution in [3.05, 3.63) is 0 Å². The second-order valence-electron chi connectivity index (χ2n) is 5.49. The lowest BCUT2D eigenvalue weighted by Crippen LogP contribution is -2.45. The molecule has 0 aromatic rings. The molecular formula is C13H22N2O4. The number of amides is 2. The first-order valence-electron chi connectivity index (χ1n) is 6.62. The van der Waals surface area contributed by atoms with Crippen molar-refractivity contribution in [1.29, 1.82) is 0 Å². The molecule has 0 aromatic carbocycles. The largest absolute Gasteiger partial charge is 0.480 e. The lowest BCUT2D eigenvalue weighted by molar-refractivity contribution is -0.143. The van der Waals surface area contributed by atoms with Crippen LogP contribution in [0.3, 0.4) is 0 Å². The number of hydrogen-bond donors (Lipinski definition) is 3. The first kappa shape index (κ1) is 15.5. The SMILES string of the molecule is CC1CC1C(=O)NCCC(=O)N[C@@H](C(=O)O)C(C)C. The predicted molar refractivity (Wildman–Crippen MR) is 69.3 cm³/mol. The molecule has 6 nitrogen and oxygen atoms in total. The smallest absolute Gasteiger partial charge is 0.326 e. The average Bonchev–Trinajstić information content (AvgIpc) is 3.02. The minimum Gasteiger partial charge on any atom is -0.480 e. The fourth-order valence-corrected chi connectivity index (χ4v) is 1.88. The van der Waals surface area contributed by atoms with Crippen molar-refractivity contribution in [1.82, 2.24) is 10.6 Å². The molecule has 0 saturated heterocycles. The zero-order chi connectivity index (χ0) is 14.6. The molecule has 1 saturated carbocycles. The number of hydrogen-bond acceptors (Lipinski definition) is 3. The van der Waals surface area contributed by atoms with Gasteiger partial charge in [0, 0.05) is 18.9 Å². The minimum absolute atomic E-state index is 0.0149. The second-order valence-corrected chi connectivity index (χ2v) is 5.49. The highest BCUT2D eigenvalue weighted by Gasteiger charge is 2.38. The van der Waals surface area contributed by atoms with Crippen molar-refractivity contribution in [3.63, 3.8) is 0 Å². The van der Waals surface area contributed by atoms with Gasteiger partial charge in [0.15, 0.2) is 0 Å². The second kappa shape index (κ2) is 6.54. The number of carboxylic acid groups (broad SMARTS) is 1. The van der Waals surface area contributed by atoms with Crippen molar-refractivity contribution in [2.24, 2.45) is 17.8 Å². The summed E-state index contributed by atoms with van der Waals surface area (Å²) in [5, 5.41) is 14.1. The Kier molecular flexibility index (Phi) is 5.32. The fourth-order valence-electron chi connectivity index (χ4n) is 1.88. The van der Waals surface area contributed by atoms with Crippen molar-refractivity contribution in [3.8, 4) is 0 Å². The monoisotopic (exact) mass is 270 g/mol. The van der Waals surface area contributed by atoms with Crippen LogP contribution in [-0.2, 0) is 14.4 Å². The lowest BCUT2D eigenvalue weighted by Gasteiger charge is -2.17. The maximum Gasteiger partial charge on any atom is 0.326 e. The van der Waals surface area contributed by atoms with Crippen LogP contribution in [0.5, 0.6) is 0 Å². The molecule has 2 amide bonds. The van der Waals surface area contributed by atoms with Crippen molar-refractivity contribution in [2.45, 2.75) is 39.7 Å². The highest BCUT2D eigenvalue weighted by Crippen LogP contribution is 2.37. The van der Waals surface area contributed by atoms with Gasteiger partial charge < -0.3 is 15.7 Å². The molecule has 19 heavy (non-hydrogen) atoms. The van der Waals surface area contributed by atoms with Gasteiger partial charge in [-0.25, -0.2) is 4.79 Å². The van der Waals surface area contributed by atoms with E-state index in [1.54, 1.807) is 13.8 Å². The maximum absolute atomic E-state index is 11.6. The zero-order valence-corrected chi connectivity index (χ0v) is 11.6. The number of nitrogens with one attached hydrogen (secondary N) is 2. The van der Waals surface area contributed by atoms with E-state index >= 15 is 0 Å². The molecule has 1 rings (SSSR count). The number of rotatable bonds is 7. The molecule has 0 radical (unpaired) electrons. The summed E-state index contributed by atoms with van der Waals surface area (Å²) in [5.41, 5.74) is 0. The van der Waals surface area contributed by atoms with Crippen molar-refractivity contribution >= 4 is 17.8 Å². The van der Waals surface area contributed by atoms with Crippen LogP contribution in [0.1, 0.15) is 33.6 Å². The van der Waals surface area contributed by atoms with Crippen LogP contribution < -0.4 is 10.6 Å². The molecule has 0 spiro atoms. The van der Waals surface area contributed by atoms with E-state index in [4.69, 9.17) is 5.11 Å². The first-order valence-corrected chi connectivity index (χ1v) is 6.62. The summed E-state index contributed by atoms with van der Waals surface area (Å²) < 4.78 is 0. The zero-order valence-electron chi connectivity index (χ0n) is 11.6. The highest BCUT2D eigenvalue weighted by atomic mass is 16.4. The summed E-state index contributed by atoms with van der Waals surface area (Å²) in [5.74, 6) is -1.07. The fraction of sp³-hybridized carbons (Fsp3) is 0.769. The Balaban J connectivity index is 2.23. The molecule has 6 heteroatoms. The summed E-state index contributed by atoms with van der Waals surface area (Å²) in [6.07, 6.45) is 1.01. The molecule has 3 N–H and O–H groups in total. The van der Waals surface area contributed by atoms with Crippen molar-refractivity contribution < 1.29 is 19.5 Å². The van der Waals surface area contributed by atoms with E-state index in [2.05, 4.69) is 10.6 Å². The normalized spacial score (nSPS) is 22.7. The summed E-state index contributed by atoms with van der Waals surface area (Å²) >= 11 is 0. The molecule has 1 aliphatic rings. The Labute approximate surface area is 112 Å². The highest BCUT2D eigenvalue weighted by molar-refractivity contribution is 5.85. The van der Waals surface area contributed by atoms with Crippen LogP contribution >= 0.6 is 0 Å². The molecule has 0 aromatic heterocycles. The standard InChI is InChI=1S/C13H22N2O4/c1-7(2)11(13(18)19)15-10(16)4-5-14-12(17)9-6-8(9)3/h7-9,11H,4-6H2,1-3H3,(H,14,17)(H,15,16)(H,18,19)/t8?,9?,11-/m1/s1. The van der Waals surface area contributed by atoms with Crippen molar-refractivity contribution in [2.75, 3.05) is 6.54 Å². The molecule has 0 bridgehead atoms. The van der Waals surface area contributed by atoms with Gasteiger partial charge in [-0.2, -0.15) is 0 Å². The van der Waals surface area contributed by atoms with Crippen LogP contribution in [0.25, 0.3) is 0 Å². The van der Waals surface area contributed by atoms with Crippen LogP contribution in [-0.4, -0.2) is 35.5 Å². The van der Waals surface area contributed by atoms with Gasteiger partial charge in [-0.15, -0.1) is 0 Å². The average molecular weight is 270 g/mol. The molecule has 108 valence electrons. The predicted octanol–water partition coefficient (Wildman–Crippen LogP) is 0.374. The Bertz CT molecular complexity index is 368. The topological polar surface area (TPSA) is 95.5 Å². The van der Waals surface area contributed by atoms with Gasteiger partial charge in [-0.05, 0) is 18.3 Å². The third-order valence-electron chi connectivity index (χ3n) is 3.35. The van der Waals surface area contributed by atoms with E-state index in [0.717, 1.165) is 6.42 Å². The maximum atomic E-state index is 11.6. The van der Waals surface area contributed by atoms with E-state index < -0.39 is 12.0 Å². The molecule has 0 heterocycles. The van der Waals surface area contributed by atoms with E-state index in [9.17, 15) is 14.4 Å². The molecular weight excluding hydrogens is 248 g/mol. The van der Waals surface area contributed by atoms with E-state index in [1.807, 2.05) is 6.92 Å². The molecule has 2 unspecified atom stereocenters. The van der Waals surface area contributed by atoms with Gasteiger partial charge in [-0.3, -0.25) is 9.59 Å². The summed E-state index contributed by atoms with van der Waals surface area (Å²) in [6.45, 7) is 5.72. The Hall–Kier alpha value is -1.59. The molecule has 3 atom stereocenters. The van der Waals surface area contributed by atoms with Gasteiger partial charge in [-0.1, -0.05) is 20.8 Å². The Morgan fingerprint density at radius 2 is 1.89 bits per heavy atom. The third kappa shape index (κ3) is 4.89. The minimum atomic E-state index is -1.04. The lowest BCUT2D eigenvalue weighted by atomic mass is 10.0. The van der Waals surface area contributed by atoms with Crippen LogP contribution in [0.15, 0.2) is 0 Å².